The fraction of sp³-hybridized carbons (Fsp3) is 0.424. The van der Waals surface area contributed by atoms with Crippen molar-refractivity contribution in [2.75, 3.05) is 50.0 Å². The van der Waals surface area contributed by atoms with Crippen molar-refractivity contribution in [3.63, 3.8) is 0 Å². The molecule has 8 rings (SSSR count). The number of aryl methyl sites for hydroxylation is 2. The summed E-state index contributed by atoms with van der Waals surface area (Å²) in [7, 11) is 1.99. The number of aliphatic hydroxyl groups is 1. The summed E-state index contributed by atoms with van der Waals surface area (Å²) >= 11 is 1.50. The van der Waals surface area contributed by atoms with Crippen molar-refractivity contribution in [2.24, 2.45) is 5.92 Å². The normalized spacial score (nSPS) is 18.3. The molecular weight excluding hydrogens is 1080 g/mol. The number of benzene rings is 3. The lowest BCUT2D eigenvalue weighted by atomic mass is 9.91. The Hall–Kier alpha value is -7.76. The van der Waals surface area contributed by atoms with Crippen LogP contribution in [0, 0.1) is 25.6 Å². The van der Waals surface area contributed by atoms with Gasteiger partial charge in [-0.25, -0.2) is 9.37 Å². The minimum Gasteiger partial charge on any atom is -0.391 e. The zero-order valence-corrected chi connectivity index (χ0v) is 47.5. The molecule has 2 aliphatic heterocycles. The molecule has 5 amide bonds. The van der Waals surface area contributed by atoms with Gasteiger partial charge < -0.3 is 45.7 Å². The minimum atomic E-state index is -5.00. The molecule has 5 heterocycles. The number of hydrogen-bond donors (Lipinski definition) is 6. The molecule has 0 saturated carbocycles. The molecule has 6 atom stereocenters. The van der Waals surface area contributed by atoms with Crippen molar-refractivity contribution >= 4 is 52.2 Å². The average Bonchev–Trinajstić information content (AvgIpc) is 3.84. The number of carbonyl (C=O) groups excluding carboxylic acids is 5. The molecule has 6 aromatic rings. The Labute approximate surface area is 476 Å². The van der Waals surface area contributed by atoms with E-state index in [1.807, 2.05) is 70.8 Å². The van der Waals surface area contributed by atoms with E-state index in [1.54, 1.807) is 30.6 Å². The van der Waals surface area contributed by atoms with Crippen LogP contribution in [0.1, 0.15) is 121 Å². The molecule has 0 spiro atoms. The molecule has 2 fully saturated rings. The lowest BCUT2D eigenvalue weighted by Gasteiger charge is -2.44. The number of amides is 5. The molecule has 2 saturated heterocycles. The number of nitrogens with zero attached hydrogens (tertiary/aromatic N) is 5. The van der Waals surface area contributed by atoms with Crippen LogP contribution in [0.15, 0.2) is 93.8 Å². The second-order valence-corrected chi connectivity index (χ2v) is 22.4. The standard InChI is InChI=1S/C59H68F4N10O8S/c1-32(2)53(50-21-33(3)70-81-50)58(80)73-30-41(74)24-49(73)57(79)68-46(37-11-13-38(14-12-37)54-36(6)67-31-82-54)26-52(76)64-19-9-8-10-20-65-55(77)40-15-17-42(45(60)22-40)39-16-18-48(72-28-34(4)71(7)35(5)29-72)47(23-39)69-56(78)43-27-66-51(75)25-44(43)59(61,62)63/h11-18,21-23,25,27,31-32,34-35,41,46,49,53,74H,8-10,19-20,24,26,28-30H2,1-7H3,(H,64,76)(H,65,77)(H,66,75)(H,68,79)(H,69,78)/t34-,35+,41-,46?,49+,53?/m1/s1. The summed E-state index contributed by atoms with van der Waals surface area (Å²) < 4.78 is 63.5. The van der Waals surface area contributed by atoms with Crippen LogP contribution in [0.2, 0.25) is 0 Å². The highest BCUT2D eigenvalue weighted by atomic mass is 32.1. The smallest absolute Gasteiger partial charge is 0.391 e. The molecule has 2 aliphatic rings. The molecule has 3 aromatic carbocycles. The summed E-state index contributed by atoms with van der Waals surface area (Å²) in [6.45, 7) is 13.0. The minimum absolute atomic E-state index is 0.00646. The fourth-order valence-corrected chi connectivity index (χ4v) is 11.4. The summed E-state index contributed by atoms with van der Waals surface area (Å²) in [6.07, 6.45) is -3.69. The number of carbonyl (C=O) groups is 5. The van der Waals surface area contributed by atoms with Crippen molar-refractivity contribution < 1.29 is 51.2 Å². The van der Waals surface area contributed by atoms with Crippen LogP contribution in [0.4, 0.5) is 28.9 Å². The van der Waals surface area contributed by atoms with Gasteiger partial charge in [-0.05, 0) is 101 Å². The number of aromatic nitrogens is 3. The van der Waals surface area contributed by atoms with E-state index >= 15 is 4.39 Å². The highest BCUT2D eigenvalue weighted by Crippen LogP contribution is 2.38. The molecular formula is C59H68F4N10O8S. The van der Waals surface area contributed by atoms with Gasteiger partial charge in [-0.2, -0.15) is 13.2 Å². The van der Waals surface area contributed by atoms with Crippen LogP contribution in [0.3, 0.4) is 0 Å². The predicted octanol–water partition coefficient (Wildman–Crippen LogP) is 8.37. The van der Waals surface area contributed by atoms with Gasteiger partial charge in [0.15, 0.2) is 0 Å². The third-order valence-corrected chi connectivity index (χ3v) is 16.2. The van der Waals surface area contributed by atoms with Crippen LogP contribution >= 0.6 is 11.3 Å². The predicted molar refractivity (Wildman–Crippen MR) is 303 cm³/mol. The van der Waals surface area contributed by atoms with E-state index in [0.717, 1.165) is 22.2 Å². The van der Waals surface area contributed by atoms with Crippen LogP contribution in [-0.2, 0) is 20.6 Å². The number of anilines is 2. The Balaban J connectivity index is 0.868. The molecule has 2 unspecified atom stereocenters. The van der Waals surface area contributed by atoms with Gasteiger partial charge >= 0.3 is 6.18 Å². The first kappa shape index (κ1) is 60.3. The molecule has 0 aliphatic carbocycles. The monoisotopic (exact) mass is 1150 g/mol. The number of β-amino-alcohol motifs (C(OH)–C–C–N with tert-alkyl or cyclic N) is 1. The third-order valence-electron chi connectivity index (χ3n) is 15.2. The number of unbranched alkanes of at least 4 members (excludes halogenated alkanes) is 2. The Morgan fingerprint density at radius 2 is 1.57 bits per heavy atom. The molecule has 18 nitrogen and oxygen atoms in total. The third kappa shape index (κ3) is 14.3. The Morgan fingerprint density at radius 3 is 2.21 bits per heavy atom. The fourth-order valence-electron chi connectivity index (χ4n) is 10.6. The van der Waals surface area contributed by atoms with Gasteiger partial charge in [0.25, 0.3) is 11.8 Å². The molecule has 82 heavy (non-hydrogen) atoms. The maximum absolute atomic E-state index is 16.0. The van der Waals surface area contributed by atoms with Crippen molar-refractivity contribution in [1.29, 1.82) is 0 Å². The Morgan fingerprint density at radius 1 is 0.878 bits per heavy atom. The summed E-state index contributed by atoms with van der Waals surface area (Å²) in [5.41, 5.74) is 2.56. The molecule has 6 N–H and O–H groups in total. The van der Waals surface area contributed by atoms with Gasteiger partial charge in [-0.15, -0.1) is 11.3 Å². The van der Waals surface area contributed by atoms with Crippen LogP contribution in [0.5, 0.6) is 0 Å². The maximum Gasteiger partial charge on any atom is 0.417 e. The van der Waals surface area contributed by atoms with Crippen molar-refractivity contribution in [3.8, 4) is 21.6 Å². The van der Waals surface area contributed by atoms with Crippen LogP contribution in [0.25, 0.3) is 21.6 Å². The number of halogens is 4. The molecule has 436 valence electrons. The summed E-state index contributed by atoms with van der Waals surface area (Å²) in [5.74, 6) is -4.24. The molecule has 23 heteroatoms. The van der Waals surface area contributed by atoms with E-state index in [-0.39, 0.29) is 78.1 Å². The first-order valence-corrected chi connectivity index (χ1v) is 28.1. The highest BCUT2D eigenvalue weighted by molar-refractivity contribution is 7.13. The Kier molecular flexibility index (Phi) is 19.1. The van der Waals surface area contributed by atoms with Crippen LogP contribution in [-0.4, -0.2) is 124 Å². The zero-order valence-electron chi connectivity index (χ0n) is 46.7. The van der Waals surface area contributed by atoms with Crippen molar-refractivity contribution in [2.45, 2.75) is 116 Å². The van der Waals surface area contributed by atoms with Gasteiger partial charge in [0.1, 0.15) is 23.5 Å². The lowest BCUT2D eigenvalue weighted by Crippen LogP contribution is -2.55. The van der Waals surface area contributed by atoms with E-state index in [9.17, 15) is 47.0 Å². The SMILES string of the molecule is Cc1cc(C(C(=O)N2C[C@H](O)C[C@H]2C(=O)NC(CC(=O)NCCCCCNC(=O)c2ccc(-c3ccc(N4C[C@@H](C)N(C)[C@@H](C)C4)c(NC(=O)c4c[nH]c(=O)cc4C(F)(F)F)c3)c(F)c2)c2ccc(-c3scnc3C)cc2)C(C)C)on1. The number of nitrogens with one attached hydrogen (secondary N) is 5. The van der Waals surface area contributed by atoms with E-state index in [1.165, 1.54) is 34.4 Å². The van der Waals surface area contributed by atoms with Gasteiger partial charge in [0.05, 0.1) is 62.8 Å². The topological polar surface area (TPSA) is 235 Å². The summed E-state index contributed by atoms with van der Waals surface area (Å²) in [6, 6.07) is 16.5. The van der Waals surface area contributed by atoms with Gasteiger partial charge in [-0.1, -0.05) is 55.4 Å². The number of hydrogen-bond acceptors (Lipinski definition) is 13. The number of H-pyrrole nitrogens is 1. The summed E-state index contributed by atoms with van der Waals surface area (Å²) in [4.78, 5) is 93.6. The van der Waals surface area contributed by atoms with E-state index in [4.69, 9.17) is 4.52 Å². The number of thiazole rings is 1. The van der Waals surface area contributed by atoms with E-state index < -0.39 is 70.5 Å². The molecule has 0 radical (unpaired) electrons. The number of aromatic amines is 1. The number of likely N-dealkylation sites (N-methyl/N-ethyl adjacent to an activating group) is 1. The van der Waals surface area contributed by atoms with E-state index in [2.05, 4.69) is 41.3 Å². The maximum atomic E-state index is 16.0. The summed E-state index contributed by atoms with van der Waals surface area (Å²) in [5, 5.41) is 26.1. The number of aliphatic hydroxyl groups excluding tert-OH is 1. The van der Waals surface area contributed by atoms with Crippen molar-refractivity contribution in [1.82, 2.24) is 40.9 Å². The molecule has 3 aromatic heterocycles. The van der Waals surface area contributed by atoms with Gasteiger partial charge in [-0.3, -0.25) is 33.7 Å². The van der Waals surface area contributed by atoms with Gasteiger partial charge in [0, 0.05) is 80.7 Å². The number of alkyl halides is 3. The molecule has 0 bridgehead atoms. The second-order valence-electron chi connectivity index (χ2n) is 21.6. The average molecular weight is 1150 g/mol. The number of likely N-dealkylation sites (tertiary alicyclic amines) is 1. The first-order valence-electron chi connectivity index (χ1n) is 27.3. The van der Waals surface area contributed by atoms with Gasteiger partial charge in [0.2, 0.25) is 23.3 Å². The number of rotatable bonds is 20. The second kappa shape index (κ2) is 26.0. The van der Waals surface area contributed by atoms with Crippen molar-refractivity contribution in [3.05, 3.63) is 140 Å². The highest BCUT2D eigenvalue weighted by Gasteiger charge is 2.44. The number of pyridine rings is 1. The first-order chi connectivity index (χ1) is 39.0. The number of piperazine rings is 1. The largest absolute Gasteiger partial charge is 0.417 e. The zero-order chi connectivity index (χ0) is 59.2. The quantitative estimate of drug-likeness (QED) is 0.0313. The van der Waals surface area contributed by atoms with E-state index in [0.29, 0.717) is 73.9 Å². The lowest BCUT2D eigenvalue weighted by molar-refractivity contribution is -0.141. The Bertz CT molecular complexity index is 3330. The van der Waals surface area contributed by atoms with Crippen LogP contribution < -0.4 is 31.7 Å².